The molecule has 26 heavy (non-hydrogen) atoms. The van der Waals surface area contributed by atoms with Crippen molar-refractivity contribution in [1.29, 1.82) is 0 Å². The minimum Gasteiger partial charge on any atom is -0.356 e. The molecule has 0 bridgehead atoms. The molecule has 0 aliphatic heterocycles. The summed E-state index contributed by atoms with van der Waals surface area (Å²) in [6.07, 6.45) is 0.840. The summed E-state index contributed by atoms with van der Waals surface area (Å²) in [6, 6.07) is 15.8. The third-order valence-electron chi connectivity index (χ3n) is 3.94. The smallest absolute Gasteiger partial charge is 0.253 e. The van der Waals surface area contributed by atoms with Gasteiger partial charge in [-0.25, -0.2) is 0 Å². The number of nitrogens with one attached hydrogen (secondary N) is 2. The molecule has 6 heteroatoms. The highest BCUT2D eigenvalue weighted by molar-refractivity contribution is 6.33. The summed E-state index contributed by atoms with van der Waals surface area (Å²) in [5.41, 5.74) is 6.93. The number of benzene rings is 2. The number of carbonyl (C=O) groups excluding carboxylic acids is 2. The minimum absolute atomic E-state index is 0.0279. The standard InChI is InChI=1S/C20H24ClN3O2/c1-14(22)11-12-23-19(25)13-18(15-7-3-2-4-8-15)24-20(26)16-9-5-6-10-17(16)21/h2-10,14,18H,11-13,22H2,1H3,(H,23,25)(H,24,26). The van der Waals surface area contributed by atoms with E-state index in [0.717, 1.165) is 5.56 Å². The van der Waals surface area contributed by atoms with Gasteiger partial charge < -0.3 is 16.4 Å². The van der Waals surface area contributed by atoms with Gasteiger partial charge in [0.25, 0.3) is 5.91 Å². The number of hydrogen-bond donors (Lipinski definition) is 3. The predicted octanol–water partition coefficient (Wildman–Crippen LogP) is 3.05. The van der Waals surface area contributed by atoms with Crippen LogP contribution in [0.15, 0.2) is 54.6 Å². The Morgan fingerprint density at radius 1 is 1.08 bits per heavy atom. The van der Waals surface area contributed by atoms with E-state index in [0.29, 0.717) is 23.6 Å². The van der Waals surface area contributed by atoms with Gasteiger partial charge >= 0.3 is 0 Å². The first-order valence-electron chi connectivity index (χ1n) is 8.60. The Balaban J connectivity index is 2.08. The van der Waals surface area contributed by atoms with E-state index in [1.54, 1.807) is 24.3 Å². The van der Waals surface area contributed by atoms with Crippen LogP contribution in [0.2, 0.25) is 5.02 Å². The Hall–Kier alpha value is -2.37. The lowest BCUT2D eigenvalue weighted by Crippen LogP contribution is -2.35. The second-order valence-corrected chi connectivity index (χ2v) is 6.64. The van der Waals surface area contributed by atoms with Crippen molar-refractivity contribution in [3.63, 3.8) is 0 Å². The van der Waals surface area contributed by atoms with Gasteiger partial charge in [0.05, 0.1) is 23.0 Å². The monoisotopic (exact) mass is 373 g/mol. The number of halogens is 1. The Kier molecular flexibility index (Phi) is 7.63. The van der Waals surface area contributed by atoms with E-state index >= 15 is 0 Å². The minimum atomic E-state index is -0.449. The summed E-state index contributed by atoms with van der Waals surface area (Å²) in [4.78, 5) is 24.9. The van der Waals surface area contributed by atoms with Crippen LogP contribution in [0.25, 0.3) is 0 Å². The maximum atomic E-state index is 12.6. The van der Waals surface area contributed by atoms with Crippen LogP contribution in [-0.2, 0) is 4.79 Å². The highest BCUT2D eigenvalue weighted by Gasteiger charge is 2.20. The summed E-state index contributed by atoms with van der Waals surface area (Å²) in [5, 5.41) is 6.13. The summed E-state index contributed by atoms with van der Waals surface area (Å²) < 4.78 is 0. The molecule has 2 aromatic rings. The quantitative estimate of drug-likeness (QED) is 0.664. The van der Waals surface area contributed by atoms with Gasteiger partial charge in [-0.05, 0) is 31.0 Å². The van der Waals surface area contributed by atoms with Crippen molar-refractivity contribution >= 4 is 23.4 Å². The fourth-order valence-corrected chi connectivity index (χ4v) is 2.74. The Labute approximate surface area is 158 Å². The van der Waals surface area contributed by atoms with Crippen LogP contribution in [0, 0.1) is 0 Å². The van der Waals surface area contributed by atoms with Crippen LogP contribution >= 0.6 is 11.6 Å². The van der Waals surface area contributed by atoms with Crippen molar-refractivity contribution in [1.82, 2.24) is 10.6 Å². The van der Waals surface area contributed by atoms with Crippen molar-refractivity contribution in [3.8, 4) is 0 Å². The number of rotatable bonds is 8. The van der Waals surface area contributed by atoms with Crippen LogP contribution < -0.4 is 16.4 Å². The number of nitrogens with two attached hydrogens (primary N) is 1. The van der Waals surface area contributed by atoms with E-state index < -0.39 is 6.04 Å². The van der Waals surface area contributed by atoms with Crippen molar-refractivity contribution in [2.24, 2.45) is 5.73 Å². The summed E-state index contributed by atoms with van der Waals surface area (Å²) in [5.74, 6) is -0.452. The van der Waals surface area contributed by atoms with Gasteiger partial charge in [-0.2, -0.15) is 0 Å². The molecule has 5 nitrogen and oxygen atoms in total. The van der Waals surface area contributed by atoms with E-state index in [4.69, 9.17) is 17.3 Å². The average Bonchev–Trinajstić information content (AvgIpc) is 2.62. The zero-order valence-electron chi connectivity index (χ0n) is 14.7. The number of amides is 2. The first-order valence-corrected chi connectivity index (χ1v) is 8.97. The lowest BCUT2D eigenvalue weighted by Gasteiger charge is -2.19. The summed E-state index contributed by atoms with van der Waals surface area (Å²) in [7, 11) is 0. The molecule has 0 aromatic heterocycles. The van der Waals surface area contributed by atoms with Crippen molar-refractivity contribution < 1.29 is 9.59 Å². The predicted molar refractivity (Wildman–Crippen MR) is 104 cm³/mol. The summed E-state index contributed by atoms with van der Waals surface area (Å²) >= 11 is 6.10. The zero-order valence-corrected chi connectivity index (χ0v) is 15.5. The highest BCUT2D eigenvalue weighted by atomic mass is 35.5. The Morgan fingerprint density at radius 2 is 1.73 bits per heavy atom. The molecule has 0 fully saturated rings. The van der Waals surface area contributed by atoms with Crippen LogP contribution in [0.4, 0.5) is 0 Å². The molecule has 0 heterocycles. The molecule has 2 atom stereocenters. The molecule has 2 amide bonds. The topological polar surface area (TPSA) is 84.2 Å². The molecule has 2 aromatic carbocycles. The second-order valence-electron chi connectivity index (χ2n) is 6.24. The van der Waals surface area contributed by atoms with Gasteiger partial charge in [0, 0.05) is 12.6 Å². The fraction of sp³-hybridized carbons (Fsp3) is 0.300. The molecule has 138 valence electrons. The summed E-state index contributed by atoms with van der Waals surface area (Å²) in [6.45, 7) is 2.40. The van der Waals surface area contributed by atoms with Crippen LogP contribution in [0.3, 0.4) is 0 Å². The Morgan fingerprint density at radius 3 is 2.38 bits per heavy atom. The van der Waals surface area contributed by atoms with E-state index in [2.05, 4.69) is 10.6 Å². The SMILES string of the molecule is CC(N)CCNC(=O)CC(NC(=O)c1ccccc1Cl)c1ccccc1. The molecule has 0 saturated heterocycles. The van der Waals surface area contributed by atoms with Crippen LogP contribution in [0.5, 0.6) is 0 Å². The van der Waals surface area contributed by atoms with E-state index in [1.165, 1.54) is 0 Å². The molecule has 0 saturated carbocycles. The third-order valence-corrected chi connectivity index (χ3v) is 4.27. The van der Waals surface area contributed by atoms with Crippen LogP contribution in [0.1, 0.15) is 41.7 Å². The molecule has 2 unspecified atom stereocenters. The normalized spacial score (nSPS) is 12.9. The van der Waals surface area contributed by atoms with Gasteiger partial charge in [0.1, 0.15) is 0 Å². The zero-order chi connectivity index (χ0) is 18.9. The Bertz CT molecular complexity index is 735. The molecular formula is C20H24ClN3O2. The largest absolute Gasteiger partial charge is 0.356 e. The van der Waals surface area contributed by atoms with E-state index in [1.807, 2.05) is 37.3 Å². The molecule has 0 radical (unpaired) electrons. The first kappa shape index (κ1) is 19.9. The lowest BCUT2D eigenvalue weighted by atomic mass is 10.0. The van der Waals surface area contributed by atoms with Crippen molar-refractivity contribution in [3.05, 3.63) is 70.7 Å². The molecule has 0 spiro atoms. The second kappa shape index (κ2) is 9.94. The van der Waals surface area contributed by atoms with Crippen LogP contribution in [-0.4, -0.2) is 24.4 Å². The molecule has 0 aliphatic rings. The van der Waals surface area contributed by atoms with Crippen molar-refractivity contribution in [2.45, 2.75) is 31.8 Å². The molecule has 4 N–H and O–H groups in total. The van der Waals surface area contributed by atoms with Gasteiger partial charge in [-0.1, -0.05) is 54.1 Å². The maximum Gasteiger partial charge on any atom is 0.253 e. The fourth-order valence-electron chi connectivity index (χ4n) is 2.52. The van der Waals surface area contributed by atoms with Gasteiger partial charge in [-0.3, -0.25) is 9.59 Å². The average molecular weight is 374 g/mol. The van der Waals surface area contributed by atoms with Crippen molar-refractivity contribution in [2.75, 3.05) is 6.54 Å². The molecule has 2 rings (SSSR count). The number of hydrogen-bond acceptors (Lipinski definition) is 3. The van der Waals surface area contributed by atoms with Gasteiger partial charge in [-0.15, -0.1) is 0 Å². The third kappa shape index (κ3) is 6.17. The first-order chi connectivity index (χ1) is 12.5. The lowest BCUT2D eigenvalue weighted by molar-refractivity contribution is -0.121. The van der Waals surface area contributed by atoms with E-state index in [9.17, 15) is 9.59 Å². The molecular weight excluding hydrogens is 350 g/mol. The number of carbonyl (C=O) groups is 2. The maximum absolute atomic E-state index is 12.6. The van der Waals surface area contributed by atoms with Gasteiger partial charge in [0.15, 0.2) is 0 Å². The van der Waals surface area contributed by atoms with Gasteiger partial charge in [0.2, 0.25) is 5.91 Å². The van der Waals surface area contributed by atoms with E-state index in [-0.39, 0.29) is 24.3 Å². The molecule has 0 aliphatic carbocycles. The highest BCUT2D eigenvalue weighted by Crippen LogP contribution is 2.20.